The Kier molecular flexibility index (Phi) is 3.58. The van der Waals surface area contributed by atoms with Gasteiger partial charge in [-0.2, -0.15) is 0 Å². The van der Waals surface area contributed by atoms with Gasteiger partial charge in [0.15, 0.2) is 5.66 Å². The third-order valence-corrected chi connectivity index (χ3v) is 5.75. The van der Waals surface area contributed by atoms with Gasteiger partial charge in [0, 0.05) is 54.7 Å². The highest BCUT2D eigenvalue weighted by atomic mass is 16.2. The van der Waals surface area contributed by atoms with Gasteiger partial charge in [-0.25, -0.2) is 0 Å². The van der Waals surface area contributed by atoms with Crippen LogP contribution in [0.2, 0.25) is 0 Å². The number of aromatic nitrogens is 3. The predicted octanol–water partition coefficient (Wildman–Crippen LogP) is 2.03. The van der Waals surface area contributed by atoms with E-state index in [9.17, 15) is 9.59 Å². The Hall–Kier alpha value is -3.48. The number of amides is 2. The van der Waals surface area contributed by atoms with Gasteiger partial charge in [0.25, 0.3) is 5.91 Å². The number of aryl methyl sites for hydroxylation is 1. The van der Waals surface area contributed by atoms with Crippen LogP contribution in [0.5, 0.6) is 0 Å². The van der Waals surface area contributed by atoms with E-state index in [0.717, 1.165) is 28.8 Å². The van der Waals surface area contributed by atoms with Crippen molar-refractivity contribution in [3.05, 3.63) is 72.1 Å². The number of nitrogens with zero attached hydrogens (tertiary/aromatic N) is 5. The molecule has 5 rings (SSSR count). The van der Waals surface area contributed by atoms with E-state index < -0.39 is 5.66 Å². The van der Waals surface area contributed by atoms with Crippen molar-refractivity contribution in [2.75, 3.05) is 13.1 Å². The van der Waals surface area contributed by atoms with E-state index in [1.54, 1.807) is 28.4 Å². The summed E-state index contributed by atoms with van der Waals surface area (Å²) >= 11 is 0. The lowest BCUT2D eigenvalue weighted by Crippen LogP contribution is -2.58. The van der Waals surface area contributed by atoms with Gasteiger partial charge in [-0.05, 0) is 36.8 Å². The SMILES string of the molecule is Cc1ccc(C23Cn4cc(-c5ccncc5)cc4C(=O)N2CCN3C=O)cn1. The highest BCUT2D eigenvalue weighted by Crippen LogP contribution is 2.42. The van der Waals surface area contributed by atoms with Crippen molar-refractivity contribution in [1.29, 1.82) is 0 Å². The minimum atomic E-state index is -0.846. The Morgan fingerprint density at radius 3 is 2.64 bits per heavy atom. The molecule has 7 heteroatoms. The number of hydrogen-bond acceptors (Lipinski definition) is 4. The fraction of sp³-hybridized carbons (Fsp3) is 0.238. The Labute approximate surface area is 162 Å². The van der Waals surface area contributed by atoms with Gasteiger partial charge in [0.1, 0.15) is 5.69 Å². The third kappa shape index (κ3) is 2.22. The first kappa shape index (κ1) is 16.7. The van der Waals surface area contributed by atoms with Crippen LogP contribution in [0, 0.1) is 6.92 Å². The lowest BCUT2D eigenvalue weighted by atomic mass is 9.96. The summed E-state index contributed by atoms with van der Waals surface area (Å²) in [6.07, 6.45) is 8.06. The summed E-state index contributed by atoms with van der Waals surface area (Å²) in [4.78, 5) is 37.3. The van der Waals surface area contributed by atoms with Crippen LogP contribution in [0.1, 0.15) is 21.7 Å². The first-order valence-electron chi connectivity index (χ1n) is 9.21. The number of pyridine rings is 2. The first-order chi connectivity index (χ1) is 13.6. The second-order valence-electron chi connectivity index (χ2n) is 7.24. The van der Waals surface area contributed by atoms with Crippen molar-refractivity contribution in [2.24, 2.45) is 0 Å². The molecule has 0 aliphatic carbocycles. The average Bonchev–Trinajstić information content (AvgIpc) is 3.32. The van der Waals surface area contributed by atoms with Gasteiger partial charge in [0.05, 0.1) is 6.54 Å². The molecule has 140 valence electrons. The third-order valence-electron chi connectivity index (χ3n) is 5.75. The van der Waals surface area contributed by atoms with Crippen LogP contribution < -0.4 is 0 Å². The largest absolute Gasteiger partial charge is 0.338 e. The van der Waals surface area contributed by atoms with Crippen LogP contribution in [-0.2, 0) is 17.0 Å². The zero-order valence-corrected chi connectivity index (χ0v) is 15.4. The molecule has 0 N–H and O–H groups in total. The quantitative estimate of drug-likeness (QED) is 0.659. The number of rotatable bonds is 3. The summed E-state index contributed by atoms with van der Waals surface area (Å²) in [5.74, 6) is -0.0727. The molecule has 0 saturated carbocycles. The van der Waals surface area contributed by atoms with Crippen molar-refractivity contribution >= 4 is 12.3 Å². The van der Waals surface area contributed by atoms with Crippen molar-refractivity contribution in [3.8, 4) is 11.1 Å². The molecule has 0 spiro atoms. The zero-order valence-electron chi connectivity index (χ0n) is 15.4. The van der Waals surface area contributed by atoms with Gasteiger partial charge in [0.2, 0.25) is 6.41 Å². The summed E-state index contributed by atoms with van der Waals surface area (Å²) in [7, 11) is 0. The van der Waals surface area contributed by atoms with Crippen molar-refractivity contribution < 1.29 is 9.59 Å². The lowest BCUT2D eigenvalue weighted by Gasteiger charge is -2.45. The van der Waals surface area contributed by atoms with Gasteiger partial charge < -0.3 is 14.4 Å². The fourth-order valence-electron chi connectivity index (χ4n) is 4.33. The number of carbonyl (C=O) groups excluding carboxylic acids is 2. The summed E-state index contributed by atoms with van der Waals surface area (Å²) < 4.78 is 1.95. The Morgan fingerprint density at radius 2 is 1.93 bits per heavy atom. The molecule has 2 amide bonds. The molecule has 0 radical (unpaired) electrons. The number of fused-ring (bicyclic) bond motifs is 2. The van der Waals surface area contributed by atoms with Gasteiger partial charge in [-0.3, -0.25) is 19.6 Å². The van der Waals surface area contributed by atoms with Crippen LogP contribution in [0.4, 0.5) is 0 Å². The van der Waals surface area contributed by atoms with Gasteiger partial charge in [-0.1, -0.05) is 6.07 Å². The standard InChI is InChI=1S/C21H19N5O2/c1-15-2-3-18(11-23-15)21-13-24-12-17(16-4-6-22-7-5-16)10-19(24)20(28)26(21)9-8-25(21)14-27/h2-7,10-12,14H,8-9,13H2,1H3. The number of hydrogen-bond donors (Lipinski definition) is 0. The molecule has 5 heterocycles. The van der Waals surface area contributed by atoms with E-state index in [-0.39, 0.29) is 5.91 Å². The average molecular weight is 373 g/mol. The molecule has 1 saturated heterocycles. The smallest absolute Gasteiger partial charge is 0.272 e. The molecule has 0 aromatic carbocycles. The van der Waals surface area contributed by atoms with Crippen LogP contribution >= 0.6 is 0 Å². The Balaban J connectivity index is 1.66. The molecule has 1 fully saturated rings. The Bertz CT molecular complexity index is 1060. The lowest BCUT2D eigenvalue weighted by molar-refractivity contribution is -0.126. The second kappa shape index (κ2) is 6.02. The minimum absolute atomic E-state index is 0.0727. The van der Waals surface area contributed by atoms with E-state index >= 15 is 0 Å². The molecule has 2 aliphatic rings. The maximum Gasteiger partial charge on any atom is 0.272 e. The minimum Gasteiger partial charge on any atom is -0.338 e. The van der Waals surface area contributed by atoms with Gasteiger partial charge >= 0.3 is 0 Å². The normalized spacial score (nSPS) is 20.8. The highest BCUT2D eigenvalue weighted by Gasteiger charge is 2.54. The molecule has 1 atom stereocenters. The fourth-order valence-corrected chi connectivity index (χ4v) is 4.33. The molecule has 3 aromatic rings. The van der Waals surface area contributed by atoms with Crippen molar-refractivity contribution in [3.63, 3.8) is 0 Å². The topological polar surface area (TPSA) is 71.3 Å². The van der Waals surface area contributed by atoms with Gasteiger partial charge in [-0.15, -0.1) is 0 Å². The maximum absolute atomic E-state index is 13.4. The van der Waals surface area contributed by atoms with Crippen LogP contribution in [0.3, 0.4) is 0 Å². The predicted molar refractivity (Wildman–Crippen MR) is 102 cm³/mol. The van der Waals surface area contributed by atoms with E-state index in [0.29, 0.717) is 25.3 Å². The van der Waals surface area contributed by atoms with Crippen LogP contribution in [0.15, 0.2) is 55.1 Å². The summed E-state index contributed by atoms with van der Waals surface area (Å²) in [6, 6.07) is 9.64. The van der Waals surface area contributed by atoms with E-state index in [1.807, 2.05) is 48.0 Å². The molecule has 0 bridgehead atoms. The second-order valence-corrected chi connectivity index (χ2v) is 7.24. The molecular formula is C21H19N5O2. The zero-order chi connectivity index (χ0) is 19.3. The highest BCUT2D eigenvalue weighted by molar-refractivity contribution is 5.96. The molecule has 7 nitrogen and oxygen atoms in total. The summed E-state index contributed by atoms with van der Waals surface area (Å²) in [6.45, 7) is 3.40. The van der Waals surface area contributed by atoms with Crippen LogP contribution in [0.25, 0.3) is 11.1 Å². The molecule has 2 aliphatic heterocycles. The maximum atomic E-state index is 13.4. The van der Waals surface area contributed by atoms with Crippen molar-refractivity contribution in [2.45, 2.75) is 19.1 Å². The molecular weight excluding hydrogens is 354 g/mol. The monoisotopic (exact) mass is 373 g/mol. The molecule has 1 unspecified atom stereocenters. The van der Waals surface area contributed by atoms with Crippen molar-refractivity contribution in [1.82, 2.24) is 24.3 Å². The van der Waals surface area contributed by atoms with E-state index in [4.69, 9.17) is 0 Å². The Morgan fingerprint density at radius 1 is 1.11 bits per heavy atom. The van der Waals surface area contributed by atoms with E-state index in [1.165, 1.54) is 0 Å². The summed E-state index contributed by atoms with van der Waals surface area (Å²) in [5, 5.41) is 0. The first-order valence-corrected chi connectivity index (χ1v) is 9.21. The molecule has 28 heavy (non-hydrogen) atoms. The number of carbonyl (C=O) groups is 2. The summed E-state index contributed by atoms with van der Waals surface area (Å²) in [5.41, 5.74) is 3.49. The van der Waals surface area contributed by atoms with Crippen LogP contribution in [-0.4, -0.2) is 49.7 Å². The molecule has 3 aromatic heterocycles. The van der Waals surface area contributed by atoms with E-state index in [2.05, 4.69) is 9.97 Å².